The molecule has 2 rings (SSSR count). The Morgan fingerprint density at radius 2 is 2.05 bits per heavy atom. The minimum absolute atomic E-state index is 0.268. The second-order valence-corrected chi connectivity index (χ2v) is 4.64. The standard InChI is InChI=1S/C15H19FN4/c1-4-9-17-15-18-10-11(2)14(19-15)20(3)13-8-6-5-7-12(13)16/h5-8,10H,4,9H2,1-3H3,(H,17,18,19). The van der Waals surface area contributed by atoms with E-state index in [9.17, 15) is 4.39 Å². The third-order valence-electron chi connectivity index (χ3n) is 3.01. The molecule has 2 aromatic rings. The van der Waals surface area contributed by atoms with E-state index in [1.165, 1.54) is 6.07 Å². The SMILES string of the molecule is CCCNc1ncc(C)c(N(C)c2ccccc2F)n1. The molecule has 0 amide bonds. The fraction of sp³-hybridized carbons (Fsp3) is 0.333. The molecule has 0 saturated carbocycles. The summed E-state index contributed by atoms with van der Waals surface area (Å²) in [5, 5.41) is 3.14. The van der Waals surface area contributed by atoms with Crippen molar-refractivity contribution in [1.82, 2.24) is 9.97 Å². The van der Waals surface area contributed by atoms with Crippen LogP contribution in [-0.4, -0.2) is 23.6 Å². The summed E-state index contributed by atoms with van der Waals surface area (Å²) in [6.07, 6.45) is 2.74. The predicted molar refractivity (Wildman–Crippen MR) is 80.0 cm³/mol. The van der Waals surface area contributed by atoms with Gasteiger partial charge < -0.3 is 10.2 Å². The Morgan fingerprint density at radius 1 is 1.30 bits per heavy atom. The molecule has 106 valence electrons. The van der Waals surface area contributed by atoms with Gasteiger partial charge in [-0.25, -0.2) is 9.37 Å². The Bertz CT molecular complexity index is 586. The summed E-state index contributed by atoms with van der Waals surface area (Å²) in [5.74, 6) is 0.996. The number of hydrogen-bond acceptors (Lipinski definition) is 4. The zero-order valence-corrected chi connectivity index (χ0v) is 12.0. The third-order valence-corrected chi connectivity index (χ3v) is 3.01. The largest absolute Gasteiger partial charge is 0.354 e. The molecule has 0 radical (unpaired) electrons. The van der Waals surface area contributed by atoms with Crippen molar-refractivity contribution in [3.63, 3.8) is 0 Å². The van der Waals surface area contributed by atoms with Crippen LogP contribution in [0.3, 0.4) is 0 Å². The van der Waals surface area contributed by atoms with Gasteiger partial charge in [-0.05, 0) is 25.5 Å². The smallest absolute Gasteiger partial charge is 0.224 e. The summed E-state index contributed by atoms with van der Waals surface area (Å²) in [4.78, 5) is 10.4. The number of halogens is 1. The van der Waals surface area contributed by atoms with Crippen molar-refractivity contribution in [2.45, 2.75) is 20.3 Å². The molecular formula is C15H19FN4. The highest BCUT2D eigenvalue weighted by Gasteiger charge is 2.13. The Balaban J connectivity index is 2.33. The summed E-state index contributed by atoms with van der Waals surface area (Å²) in [7, 11) is 1.80. The van der Waals surface area contributed by atoms with E-state index in [4.69, 9.17) is 0 Å². The van der Waals surface area contributed by atoms with Crippen molar-refractivity contribution in [2.24, 2.45) is 0 Å². The highest BCUT2D eigenvalue weighted by atomic mass is 19.1. The lowest BCUT2D eigenvalue weighted by Crippen LogP contribution is -2.16. The van der Waals surface area contributed by atoms with Gasteiger partial charge in [0.2, 0.25) is 5.95 Å². The Kier molecular flexibility index (Phi) is 4.50. The molecule has 1 N–H and O–H groups in total. The number of nitrogens with zero attached hydrogens (tertiary/aromatic N) is 3. The number of anilines is 3. The normalized spacial score (nSPS) is 10.4. The van der Waals surface area contributed by atoms with Gasteiger partial charge >= 0.3 is 0 Å². The van der Waals surface area contributed by atoms with Crippen molar-refractivity contribution in [1.29, 1.82) is 0 Å². The van der Waals surface area contributed by atoms with Crippen LogP contribution < -0.4 is 10.2 Å². The highest BCUT2D eigenvalue weighted by molar-refractivity contribution is 5.63. The van der Waals surface area contributed by atoms with Crippen LogP contribution in [-0.2, 0) is 0 Å². The molecule has 0 spiro atoms. The minimum atomic E-state index is -0.268. The fourth-order valence-corrected chi connectivity index (χ4v) is 1.93. The van der Waals surface area contributed by atoms with Crippen molar-refractivity contribution in [2.75, 3.05) is 23.8 Å². The predicted octanol–water partition coefficient (Wildman–Crippen LogP) is 3.51. The molecule has 0 fully saturated rings. The third kappa shape index (κ3) is 3.04. The minimum Gasteiger partial charge on any atom is -0.354 e. The molecule has 0 bridgehead atoms. The fourth-order valence-electron chi connectivity index (χ4n) is 1.93. The van der Waals surface area contributed by atoms with Gasteiger partial charge in [-0.3, -0.25) is 0 Å². The molecule has 1 heterocycles. The number of hydrogen-bond donors (Lipinski definition) is 1. The van der Waals surface area contributed by atoms with E-state index in [1.807, 2.05) is 13.0 Å². The molecule has 0 aliphatic carbocycles. The van der Waals surface area contributed by atoms with Crippen molar-refractivity contribution >= 4 is 17.5 Å². The van der Waals surface area contributed by atoms with Crippen LogP contribution in [0.25, 0.3) is 0 Å². The molecule has 4 nitrogen and oxygen atoms in total. The zero-order chi connectivity index (χ0) is 14.5. The first kappa shape index (κ1) is 14.2. The topological polar surface area (TPSA) is 41.1 Å². The van der Waals surface area contributed by atoms with Crippen molar-refractivity contribution in [3.05, 3.63) is 41.8 Å². The molecule has 5 heteroatoms. The molecule has 0 atom stereocenters. The van der Waals surface area contributed by atoms with Crippen LogP contribution in [0.15, 0.2) is 30.5 Å². The van der Waals surface area contributed by atoms with Crippen LogP contribution in [0.2, 0.25) is 0 Å². The molecule has 1 aromatic carbocycles. The maximum Gasteiger partial charge on any atom is 0.224 e. The molecule has 0 saturated heterocycles. The summed E-state index contributed by atoms with van der Waals surface area (Å²) >= 11 is 0. The Labute approximate surface area is 118 Å². The average molecular weight is 274 g/mol. The first-order valence-electron chi connectivity index (χ1n) is 6.69. The molecule has 0 unspecified atom stereocenters. The van der Waals surface area contributed by atoms with E-state index >= 15 is 0 Å². The van der Waals surface area contributed by atoms with E-state index in [0.29, 0.717) is 17.5 Å². The van der Waals surface area contributed by atoms with E-state index in [1.54, 1.807) is 30.3 Å². The van der Waals surface area contributed by atoms with Crippen LogP contribution in [0.4, 0.5) is 21.8 Å². The Hall–Kier alpha value is -2.17. The first-order chi connectivity index (χ1) is 9.63. The lowest BCUT2D eigenvalue weighted by atomic mass is 10.2. The number of para-hydroxylation sites is 1. The molecular weight excluding hydrogens is 255 g/mol. The number of aryl methyl sites for hydroxylation is 1. The first-order valence-corrected chi connectivity index (χ1v) is 6.69. The van der Waals surface area contributed by atoms with E-state index in [-0.39, 0.29) is 5.82 Å². The lowest BCUT2D eigenvalue weighted by Gasteiger charge is -2.21. The van der Waals surface area contributed by atoms with Gasteiger partial charge in [-0.1, -0.05) is 19.1 Å². The van der Waals surface area contributed by atoms with Gasteiger partial charge in [0.1, 0.15) is 11.6 Å². The maximum absolute atomic E-state index is 13.9. The van der Waals surface area contributed by atoms with Gasteiger partial charge in [0.25, 0.3) is 0 Å². The van der Waals surface area contributed by atoms with E-state index in [2.05, 4.69) is 22.2 Å². The highest BCUT2D eigenvalue weighted by Crippen LogP contribution is 2.27. The summed E-state index contributed by atoms with van der Waals surface area (Å²) in [5.41, 5.74) is 1.40. The monoisotopic (exact) mass is 274 g/mol. The van der Waals surface area contributed by atoms with Gasteiger partial charge in [-0.15, -0.1) is 0 Å². The van der Waals surface area contributed by atoms with Crippen LogP contribution >= 0.6 is 0 Å². The quantitative estimate of drug-likeness (QED) is 0.905. The van der Waals surface area contributed by atoms with Crippen LogP contribution in [0.5, 0.6) is 0 Å². The lowest BCUT2D eigenvalue weighted by molar-refractivity contribution is 0.627. The molecule has 0 aliphatic heterocycles. The van der Waals surface area contributed by atoms with Crippen molar-refractivity contribution in [3.8, 4) is 0 Å². The van der Waals surface area contributed by atoms with Gasteiger partial charge in [-0.2, -0.15) is 4.98 Å². The van der Waals surface area contributed by atoms with Gasteiger partial charge in [0.15, 0.2) is 0 Å². The number of benzene rings is 1. The van der Waals surface area contributed by atoms with Gasteiger partial charge in [0, 0.05) is 25.4 Å². The van der Waals surface area contributed by atoms with E-state index < -0.39 is 0 Å². The molecule has 0 aliphatic rings. The second kappa shape index (κ2) is 6.32. The number of rotatable bonds is 5. The summed E-state index contributed by atoms with van der Waals surface area (Å²) in [6, 6.07) is 6.66. The van der Waals surface area contributed by atoms with Crippen LogP contribution in [0, 0.1) is 12.7 Å². The summed E-state index contributed by atoms with van der Waals surface area (Å²) < 4.78 is 13.9. The maximum atomic E-state index is 13.9. The van der Waals surface area contributed by atoms with Crippen LogP contribution in [0.1, 0.15) is 18.9 Å². The van der Waals surface area contributed by atoms with Gasteiger partial charge in [0.05, 0.1) is 5.69 Å². The zero-order valence-electron chi connectivity index (χ0n) is 12.0. The average Bonchev–Trinajstić information content (AvgIpc) is 2.46. The molecule has 1 aromatic heterocycles. The second-order valence-electron chi connectivity index (χ2n) is 4.64. The van der Waals surface area contributed by atoms with E-state index in [0.717, 1.165) is 18.5 Å². The van der Waals surface area contributed by atoms with Crippen molar-refractivity contribution < 1.29 is 4.39 Å². The summed E-state index contributed by atoms with van der Waals surface area (Å²) in [6.45, 7) is 4.80. The number of nitrogens with one attached hydrogen (secondary N) is 1. The molecule has 20 heavy (non-hydrogen) atoms. The number of aromatic nitrogens is 2. The Morgan fingerprint density at radius 3 is 2.75 bits per heavy atom.